The Labute approximate surface area is 189 Å². The summed E-state index contributed by atoms with van der Waals surface area (Å²) in [6.07, 6.45) is 5.53. The summed E-state index contributed by atoms with van der Waals surface area (Å²) in [5, 5.41) is 12.5. The van der Waals surface area contributed by atoms with E-state index in [-0.39, 0.29) is 36.0 Å². The lowest BCUT2D eigenvalue weighted by Gasteiger charge is -2.36. The molecule has 2 heterocycles. The number of amides is 3. The molecule has 0 saturated carbocycles. The fraction of sp³-hybridized carbons (Fsp3) is 0.625. The van der Waals surface area contributed by atoms with Crippen LogP contribution in [0.2, 0.25) is 0 Å². The second kappa shape index (κ2) is 10.0. The molecule has 3 aliphatic rings. The zero-order valence-corrected chi connectivity index (χ0v) is 19.0. The van der Waals surface area contributed by atoms with Crippen LogP contribution in [-0.2, 0) is 20.8 Å². The highest BCUT2D eigenvalue weighted by Crippen LogP contribution is 2.31. The van der Waals surface area contributed by atoms with Gasteiger partial charge in [-0.25, -0.2) is 0 Å². The lowest BCUT2D eigenvalue weighted by Crippen LogP contribution is -2.61. The molecular weight excluding hydrogens is 406 g/mol. The number of benzene rings is 1. The maximum absolute atomic E-state index is 13.5. The number of hydrogen-bond acceptors (Lipinski definition) is 5. The number of hydrogen-bond donors (Lipinski definition) is 4. The molecular formula is C24H35N5O3. The van der Waals surface area contributed by atoms with Crippen LogP contribution in [0.4, 0.5) is 0 Å². The topological polar surface area (TPSA) is 103 Å². The van der Waals surface area contributed by atoms with Crippen molar-refractivity contribution in [1.29, 1.82) is 0 Å². The van der Waals surface area contributed by atoms with E-state index in [1.807, 2.05) is 12.1 Å². The van der Waals surface area contributed by atoms with Gasteiger partial charge in [-0.2, -0.15) is 0 Å². The lowest BCUT2D eigenvalue weighted by molar-refractivity contribution is -0.145. The second-order valence-corrected chi connectivity index (χ2v) is 9.17. The third-order valence-electron chi connectivity index (χ3n) is 7.12. The van der Waals surface area contributed by atoms with Gasteiger partial charge in [0.1, 0.15) is 12.1 Å². The van der Waals surface area contributed by atoms with Crippen LogP contribution in [0.3, 0.4) is 0 Å². The largest absolute Gasteiger partial charge is 0.347 e. The highest BCUT2D eigenvalue weighted by atomic mass is 16.2. The van der Waals surface area contributed by atoms with Crippen LogP contribution in [0.1, 0.15) is 62.6 Å². The van der Waals surface area contributed by atoms with E-state index in [0.29, 0.717) is 12.8 Å². The van der Waals surface area contributed by atoms with E-state index < -0.39 is 12.1 Å². The van der Waals surface area contributed by atoms with Crippen molar-refractivity contribution in [2.24, 2.45) is 0 Å². The van der Waals surface area contributed by atoms with Crippen LogP contribution in [0.5, 0.6) is 0 Å². The predicted octanol–water partition coefficient (Wildman–Crippen LogP) is 0.973. The molecule has 0 bridgehead atoms. The Morgan fingerprint density at radius 3 is 2.66 bits per heavy atom. The van der Waals surface area contributed by atoms with Gasteiger partial charge in [0.05, 0.1) is 18.2 Å². The predicted molar refractivity (Wildman–Crippen MR) is 122 cm³/mol. The van der Waals surface area contributed by atoms with Gasteiger partial charge in [0.2, 0.25) is 17.7 Å². The fourth-order valence-electron chi connectivity index (χ4n) is 5.19. The summed E-state index contributed by atoms with van der Waals surface area (Å²) < 4.78 is 0. The average molecular weight is 442 g/mol. The van der Waals surface area contributed by atoms with Crippen LogP contribution in [0.25, 0.3) is 0 Å². The fourth-order valence-corrected chi connectivity index (χ4v) is 5.19. The van der Waals surface area contributed by atoms with Gasteiger partial charge >= 0.3 is 0 Å². The molecule has 2 fully saturated rings. The first-order valence-corrected chi connectivity index (χ1v) is 11.9. The number of rotatable bonds is 5. The van der Waals surface area contributed by atoms with Gasteiger partial charge in [-0.1, -0.05) is 24.3 Å². The van der Waals surface area contributed by atoms with Gasteiger partial charge in [0.25, 0.3) is 0 Å². The smallest absolute Gasteiger partial charge is 0.247 e. The molecule has 2 saturated heterocycles. The molecule has 8 nitrogen and oxygen atoms in total. The molecule has 0 aromatic heterocycles. The Hall–Kier alpha value is -2.45. The number of carbonyl (C=O) groups is 3. The summed E-state index contributed by atoms with van der Waals surface area (Å²) in [4.78, 5) is 41.0. The third kappa shape index (κ3) is 4.66. The molecule has 1 aromatic carbocycles. The van der Waals surface area contributed by atoms with E-state index in [2.05, 4.69) is 33.4 Å². The number of nitrogens with zero attached hydrogens (tertiary/aromatic N) is 1. The molecule has 5 atom stereocenters. The minimum Gasteiger partial charge on any atom is -0.347 e. The standard InChI is InChI=1S/C24H35N5O3/c1-15(25-2)22(30)28-19-11-6-14-26-21-13-12-20(29(21)24(19)32)23(31)27-18-10-5-8-16-7-3-4-9-17(16)18/h3-4,7,9,15,18-21,25-26H,5-6,8,10-14H2,1-2H3,(H,27,31)(H,28,30)/t15-,18+,19?,20?,21?/m0/s1. The van der Waals surface area contributed by atoms with E-state index in [1.54, 1.807) is 18.9 Å². The summed E-state index contributed by atoms with van der Waals surface area (Å²) in [6, 6.07) is 6.75. The molecule has 3 amide bonds. The first-order chi connectivity index (χ1) is 15.5. The Kier molecular flexibility index (Phi) is 7.10. The van der Waals surface area contributed by atoms with E-state index in [9.17, 15) is 14.4 Å². The van der Waals surface area contributed by atoms with E-state index >= 15 is 0 Å². The molecule has 4 rings (SSSR count). The Morgan fingerprint density at radius 1 is 1.06 bits per heavy atom. The van der Waals surface area contributed by atoms with E-state index in [0.717, 1.165) is 38.6 Å². The van der Waals surface area contributed by atoms with E-state index in [4.69, 9.17) is 0 Å². The van der Waals surface area contributed by atoms with Crippen molar-refractivity contribution in [2.75, 3.05) is 13.6 Å². The molecule has 2 aliphatic heterocycles. The monoisotopic (exact) mass is 441 g/mol. The average Bonchev–Trinajstić information content (AvgIpc) is 3.22. The van der Waals surface area contributed by atoms with Crippen molar-refractivity contribution >= 4 is 17.7 Å². The number of fused-ring (bicyclic) bond motifs is 2. The zero-order chi connectivity index (χ0) is 22.7. The second-order valence-electron chi connectivity index (χ2n) is 9.17. The third-order valence-corrected chi connectivity index (χ3v) is 7.12. The van der Waals surface area contributed by atoms with Gasteiger partial charge < -0.3 is 20.9 Å². The summed E-state index contributed by atoms with van der Waals surface area (Å²) >= 11 is 0. The van der Waals surface area contributed by atoms with Gasteiger partial charge in [-0.15, -0.1) is 0 Å². The Balaban J connectivity index is 1.49. The van der Waals surface area contributed by atoms with Gasteiger partial charge in [-0.05, 0) is 76.6 Å². The van der Waals surface area contributed by atoms with E-state index in [1.165, 1.54) is 11.1 Å². The molecule has 8 heteroatoms. The summed E-state index contributed by atoms with van der Waals surface area (Å²) in [7, 11) is 1.72. The van der Waals surface area contributed by atoms with Gasteiger partial charge in [0, 0.05) is 0 Å². The molecule has 0 radical (unpaired) electrons. The first kappa shape index (κ1) is 22.7. The lowest BCUT2D eigenvalue weighted by atomic mass is 9.87. The number of aryl methyl sites for hydroxylation is 1. The van der Waals surface area contributed by atoms with Crippen molar-refractivity contribution in [3.05, 3.63) is 35.4 Å². The van der Waals surface area contributed by atoms with Crippen LogP contribution >= 0.6 is 0 Å². The molecule has 3 unspecified atom stereocenters. The molecule has 0 spiro atoms. The first-order valence-electron chi connectivity index (χ1n) is 11.9. The van der Waals surface area contributed by atoms with Crippen molar-refractivity contribution in [1.82, 2.24) is 26.2 Å². The van der Waals surface area contributed by atoms with Crippen LogP contribution in [0, 0.1) is 0 Å². The summed E-state index contributed by atoms with van der Waals surface area (Å²) in [5.74, 6) is -0.464. The molecule has 1 aromatic rings. The Bertz CT molecular complexity index is 860. The maximum atomic E-state index is 13.5. The number of likely N-dealkylation sites (N-methyl/N-ethyl adjacent to an activating group) is 1. The number of nitrogens with one attached hydrogen (secondary N) is 4. The Morgan fingerprint density at radius 2 is 1.84 bits per heavy atom. The molecule has 1 aliphatic carbocycles. The molecule has 32 heavy (non-hydrogen) atoms. The zero-order valence-electron chi connectivity index (χ0n) is 19.0. The van der Waals surface area contributed by atoms with Gasteiger partial charge in [0.15, 0.2) is 0 Å². The number of carbonyl (C=O) groups excluding carboxylic acids is 3. The van der Waals surface area contributed by atoms with Crippen molar-refractivity contribution in [3.63, 3.8) is 0 Å². The van der Waals surface area contributed by atoms with Crippen molar-refractivity contribution < 1.29 is 14.4 Å². The maximum Gasteiger partial charge on any atom is 0.247 e. The minimum atomic E-state index is -0.605. The summed E-state index contributed by atoms with van der Waals surface area (Å²) in [5.41, 5.74) is 2.48. The molecule has 4 N–H and O–H groups in total. The van der Waals surface area contributed by atoms with Crippen molar-refractivity contribution in [2.45, 2.75) is 82.2 Å². The van der Waals surface area contributed by atoms with Crippen molar-refractivity contribution in [3.8, 4) is 0 Å². The minimum absolute atomic E-state index is 0.0173. The highest BCUT2D eigenvalue weighted by molar-refractivity contribution is 5.93. The van der Waals surface area contributed by atoms with Gasteiger partial charge in [-0.3, -0.25) is 19.7 Å². The quantitative estimate of drug-likeness (QED) is 0.545. The SMILES string of the molecule is CN[C@@H](C)C(=O)NC1CCCNC2CCC(C(=O)N[C@@H]3CCCc4ccccc43)N2C1=O. The normalized spacial score (nSPS) is 28.7. The van der Waals surface area contributed by atoms with Crippen LogP contribution in [0.15, 0.2) is 24.3 Å². The highest BCUT2D eigenvalue weighted by Gasteiger charge is 2.44. The van der Waals surface area contributed by atoms with Crippen LogP contribution < -0.4 is 21.3 Å². The molecule has 174 valence electrons. The van der Waals surface area contributed by atoms with Crippen LogP contribution in [-0.4, -0.2) is 60.5 Å². The summed E-state index contributed by atoms with van der Waals surface area (Å²) in [6.45, 7) is 2.52.